The van der Waals surface area contributed by atoms with Gasteiger partial charge in [0.1, 0.15) is 6.29 Å². The average molecular weight is 160 g/mol. The maximum absolute atomic E-state index is 10.1. The van der Waals surface area contributed by atoms with Crippen LogP contribution in [-0.2, 0) is 4.79 Å². The minimum Gasteiger partial charge on any atom is -0.299 e. The Kier molecular flexibility index (Phi) is 2.81. The molecule has 1 aromatic carbocycles. The third kappa shape index (κ3) is 1.82. The first-order valence-electron chi connectivity index (χ1n) is 3.94. The quantitative estimate of drug-likeness (QED) is 0.480. The number of carbonyl (C=O) groups excluding carboxylic acids is 1. The van der Waals surface area contributed by atoms with Gasteiger partial charge in [-0.1, -0.05) is 24.3 Å². The molecule has 0 radical (unpaired) electrons. The summed E-state index contributed by atoms with van der Waals surface area (Å²) in [6, 6.07) is 6.10. The molecule has 0 amide bonds. The van der Waals surface area contributed by atoms with Gasteiger partial charge in [-0.25, -0.2) is 0 Å². The molecule has 0 spiro atoms. The Balaban J connectivity index is 3.12. The van der Waals surface area contributed by atoms with Crippen LogP contribution in [0.2, 0.25) is 0 Å². The van der Waals surface area contributed by atoms with Gasteiger partial charge >= 0.3 is 0 Å². The van der Waals surface area contributed by atoms with Gasteiger partial charge in [-0.15, -0.1) is 0 Å². The molecule has 0 saturated carbocycles. The Hall–Kier alpha value is -1.37. The molecule has 0 saturated heterocycles. The van der Waals surface area contributed by atoms with E-state index in [1.807, 2.05) is 38.1 Å². The fourth-order valence-corrected chi connectivity index (χ4v) is 1.23. The highest BCUT2D eigenvalue weighted by atomic mass is 16.1. The lowest BCUT2D eigenvalue weighted by Gasteiger charge is -2.02. The van der Waals surface area contributed by atoms with Crippen molar-refractivity contribution in [3.8, 4) is 0 Å². The normalized spacial score (nSPS) is 10.5. The average Bonchev–Trinajstić information content (AvgIpc) is 2.04. The highest BCUT2D eigenvalue weighted by Crippen LogP contribution is 2.14. The van der Waals surface area contributed by atoms with Crippen LogP contribution in [0.5, 0.6) is 0 Å². The van der Waals surface area contributed by atoms with Gasteiger partial charge in [0, 0.05) is 0 Å². The number of rotatable bonds is 2. The van der Waals surface area contributed by atoms with Crippen molar-refractivity contribution in [3.05, 3.63) is 41.0 Å². The zero-order valence-electron chi connectivity index (χ0n) is 7.37. The summed E-state index contributed by atoms with van der Waals surface area (Å²) in [6.45, 7) is 4.08. The van der Waals surface area contributed by atoms with E-state index in [-0.39, 0.29) is 0 Å². The van der Waals surface area contributed by atoms with Gasteiger partial charge in [-0.2, -0.15) is 0 Å². The van der Waals surface area contributed by atoms with Crippen molar-refractivity contribution in [1.29, 1.82) is 0 Å². The predicted molar refractivity (Wildman–Crippen MR) is 51.0 cm³/mol. The van der Waals surface area contributed by atoms with Crippen molar-refractivity contribution >= 4 is 12.4 Å². The van der Waals surface area contributed by atoms with E-state index in [2.05, 4.69) is 0 Å². The van der Waals surface area contributed by atoms with Gasteiger partial charge in [0.2, 0.25) is 0 Å². The van der Waals surface area contributed by atoms with E-state index in [0.29, 0.717) is 0 Å². The lowest BCUT2D eigenvalue weighted by atomic mass is 10.0. The molecule has 0 fully saturated rings. The SMILES string of the molecule is Cc1cccc(C)c1C=CC=O. The summed E-state index contributed by atoms with van der Waals surface area (Å²) in [5.74, 6) is 0. The van der Waals surface area contributed by atoms with Crippen LogP contribution in [0.1, 0.15) is 16.7 Å². The second kappa shape index (κ2) is 3.86. The van der Waals surface area contributed by atoms with E-state index in [0.717, 1.165) is 11.8 Å². The zero-order valence-corrected chi connectivity index (χ0v) is 7.37. The van der Waals surface area contributed by atoms with Crippen LogP contribution >= 0.6 is 0 Å². The summed E-state index contributed by atoms with van der Waals surface area (Å²) >= 11 is 0. The minimum atomic E-state index is 0.797. The summed E-state index contributed by atoms with van der Waals surface area (Å²) < 4.78 is 0. The van der Waals surface area contributed by atoms with Crippen LogP contribution in [0.4, 0.5) is 0 Å². The molecular weight excluding hydrogens is 148 g/mol. The number of allylic oxidation sites excluding steroid dienone is 1. The van der Waals surface area contributed by atoms with Crippen LogP contribution in [0, 0.1) is 13.8 Å². The maximum atomic E-state index is 10.1. The molecule has 0 aliphatic carbocycles. The number of aryl methyl sites for hydroxylation is 2. The van der Waals surface area contributed by atoms with E-state index < -0.39 is 0 Å². The van der Waals surface area contributed by atoms with Crippen LogP contribution in [0.15, 0.2) is 24.3 Å². The lowest BCUT2D eigenvalue weighted by molar-refractivity contribution is -0.104. The topological polar surface area (TPSA) is 17.1 Å². The van der Waals surface area contributed by atoms with Gasteiger partial charge in [0.05, 0.1) is 0 Å². The van der Waals surface area contributed by atoms with Crippen molar-refractivity contribution in [2.45, 2.75) is 13.8 Å². The smallest absolute Gasteiger partial charge is 0.142 e. The third-order valence-corrected chi connectivity index (χ3v) is 1.88. The van der Waals surface area contributed by atoms with Gasteiger partial charge in [0.15, 0.2) is 0 Å². The first kappa shape index (κ1) is 8.72. The number of hydrogen-bond donors (Lipinski definition) is 0. The van der Waals surface area contributed by atoms with Crippen LogP contribution in [0.25, 0.3) is 6.08 Å². The fourth-order valence-electron chi connectivity index (χ4n) is 1.23. The molecule has 0 bridgehead atoms. The van der Waals surface area contributed by atoms with Crippen LogP contribution in [-0.4, -0.2) is 6.29 Å². The molecular formula is C11H12O. The van der Waals surface area contributed by atoms with E-state index >= 15 is 0 Å². The largest absolute Gasteiger partial charge is 0.299 e. The van der Waals surface area contributed by atoms with E-state index in [9.17, 15) is 4.79 Å². The highest BCUT2D eigenvalue weighted by Gasteiger charge is 1.95. The molecule has 12 heavy (non-hydrogen) atoms. The Morgan fingerprint density at radius 3 is 2.25 bits per heavy atom. The molecule has 62 valence electrons. The molecule has 0 aliphatic rings. The van der Waals surface area contributed by atoms with Gasteiger partial charge in [0.25, 0.3) is 0 Å². The second-order valence-electron chi connectivity index (χ2n) is 2.80. The van der Waals surface area contributed by atoms with E-state index in [1.54, 1.807) is 0 Å². The van der Waals surface area contributed by atoms with Crippen molar-refractivity contribution < 1.29 is 4.79 Å². The molecule has 0 heterocycles. The summed E-state index contributed by atoms with van der Waals surface area (Å²) in [5, 5.41) is 0. The van der Waals surface area contributed by atoms with Crippen molar-refractivity contribution in [3.63, 3.8) is 0 Å². The summed E-state index contributed by atoms with van der Waals surface area (Å²) in [6.07, 6.45) is 4.17. The standard InChI is InChI=1S/C11H12O/c1-9-5-3-6-10(2)11(9)7-4-8-12/h3-8H,1-2H3. The van der Waals surface area contributed by atoms with Gasteiger partial charge in [-0.05, 0) is 36.6 Å². The van der Waals surface area contributed by atoms with Crippen molar-refractivity contribution in [2.75, 3.05) is 0 Å². The molecule has 0 atom stereocenters. The second-order valence-corrected chi connectivity index (χ2v) is 2.80. The highest BCUT2D eigenvalue weighted by molar-refractivity contribution is 5.75. The van der Waals surface area contributed by atoms with Crippen molar-refractivity contribution in [2.24, 2.45) is 0 Å². The van der Waals surface area contributed by atoms with E-state index in [4.69, 9.17) is 0 Å². The first-order valence-corrected chi connectivity index (χ1v) is 3.94. The monoisotopic (exact) mass is 160 g/mol. The summed E-state index contributed by atoms with van der Waals surface area (Å²) in [7, 11) is 0. The minimum absolute atomic E-state index is 0.797. The number of carbonyl (C=O) groups is 1. The molecule has 0 N–H and O–H groups in total. The molecule has 1 nitrogen and oxygen atoms in total. The Bertz CT molecular complexity index is 291. The lowest BCUT2D eigenvalue weighted by Crippen LogP contribution is -1.84. The third-order valence-electron chi connectivity index (χ3n) is 1.88. The van der Waals surface area contributed by atoms with Crippen molar-refractivity contribution in [1.82, 2.24) is 0 Å². The van der Waals surface area contributed by atoms with Crippen LogP contribution < -0.4 is 0 Å². The Labute approximate surface area is 72.7 Å². The predicted octanol–water partition coefficient (Wildman–Crippen LogP) is 2.52. The maximum Gasteiger partial charge on any atom is 0.142 e. The Morgan fingerprint density at radius 2 is 1.75 bits per heavy atom. The summed E-state index contributed by atoms with van der Waals surface area (Å²) in [4.78, 5) is 10.1. The molecule has 0 aliphatic heterocycles. The van der Waals surface area contributed by atoms with Gasteiger partial charge < -0.3 is 0 Å². The van der Waals surface area contributed by atoms with Gasteiger partial charge in [-0.3, -0.25) is 4.79 Å². The van der Waals surface area contributed by atoms with E-state index in [1.165, 1.54) is 17.2 Å². The molecule has 0 aromatic heterocycles. The molecule has 0 unspecified atom stereocenters. The summed E-state index contributed by atoms with van der Waals surface area (Å²) in [5.41, 5.74) is 3.55. The Morgan fingerprint density at radius 1 is 1.17 bits per heavy atom. The zero-order chi connectivity index (χ0) is 8.97. The molecule has 1 aromatic rings. The molecule has 1 rings (SSSR count). The number of hydrogen-bond acceptors (Lipinski definition) is 1. The fraction of sp³-hybridized carbons (Fsp3) is 0.182. The number of aldehydes is 1. The first-order chi connectivity index (χ1) is 5.75. The molecule has 1 heteroatoms. The van der Waals surface area contributed by atoms with Crippen LogP contribution in [0.3, 0.4) is 0 Å². The number of benzene rings is 1.